The number of nitrogens with two attached hydrogens (primary N) is 1. The van der Waals surface area contributed by atoms with Crippen molar-refractivity contribution in [1.82, 2.24) is 4.98 Å². The topological polar surface area (TPSA) is 64.5 Å². The number of nitrogens with zero attached hydrogens (tertiary/aromatic N) is 2. The number of aromatic nitrogens is 1. The number of rotatable bonds is 2. The molecule has 2 heterocycles. The van der Waals surface area contributed by atoms with Crippen molar-refractivity contribution in [1.29, 1.82) is 0 Å². The van der Waals surface area contributed by atoms with Crippen molar-refractivity contribution < 1.29 is 4.74 Å². The molecule has 0 aliphatic carbocycles. The van der Waals surface area contributed by atoms with E-state index in [1.54, 1.807) is 12.3 Å². The Morgan fingerprint density at radius 1 is 1.45 bits per heavy atom. The summed E-state index contributed by atoms with van der Waals surface area (Å²) in [6, 6.07) is 5.79. The number of anilines is 2. The molecule has 5 nitrogen and oxygen atoms in total. The molecule has 0 amide bonds. The monoisotopic (exact) mass is 296 g/mol. The van der Waals surface area contributed by atoms with Crippen molar-refractivity contribution in [2.45, 2.75) is 38.3 Å². The summed E-state index contributed by atoms with van der Waals surface area (Å²) in [5, 5.41) is 4.45. The maximum absolute atomic E-state index is 7.18. The second kappa shape index (κ2) is 5.47. The molecule has 1 aliphatic rings. The number of pyridine rings is 1. The normalized spacial score (nSPS) is 20.5. The average Bonchev–Trinajstić information content (AvgIpc) is 2.49. The first-order chi connectivity index (χ1) is 10.5. The van der Waals surface area contributed by atoms with E-state index in [0.717, 1.165) is 36.0 Å². The van der Waals surface area contributed by atoms with E-state index in [2.05, 4.69) is 29.0 Å². The SMILES string of the molecule is [C-]#[N+]c1ccc2ncc(N)c(NC3CCOC(C)(C)C3)c2c1. The molecule has 0 spiro atoms. The Kier molecular flexibility index (Phi) is 3.63. The van der Waals surface area contributed by atoms with E-state index in [0.29, 0.717) is 17.4 Å². The highest BCUT2D eigenvalue weighted by molar-refractivity contribution is 5.98. The maximum Gasteiger partial charge on any atom is 0.188 e. The van der Waals surface area contributed by atoms with Gasteiger partial charge < -0.3 is 15.8 Å². The van der Waals surface area contributed by atoms with Gasteiger partial charge >= 0.3 is 0 Å². The average molecular weight is 296 g/mol. The van der Waals surface area contributed by atoms with Gasteiger partial charge in [-0.15, -0.1) is 0 Å². The summed E-state index contributed by atoms with van der Waals surface area (Å²) in [6.07, 6.45) is 3.53. The number of fused-ring (bicyclic) bond motifs is 1. The fourth-order valence-corrected chi connectivity index (χ4v) is 2.99. The first-order valence-electron chi connectivity index (χ1n) is 7.45. The summed E-state index contributed by atoms with van der Waals surface area (Å²) >= 11 is 0. The van der Waals surface area contributed by atoms with Crippen LogP contribution in [0.2, 0.25) is 0 Å². The molecule has 1 fully saturated rings. The van der Waals surface area contributed by atoms with Crippen LogP contribution in [0.1, 0.15) is 26.7 Å². The molecule has 2 aromatic rings. The van der Waals surface area contributed by atoms with E-state index < -0.39 is 0 Å². The number of hydrogen-bond donors (Lipinski definition) is 2. The molecule has 0 radical (unpaired) electrons. The van der Waals surface area contributed by atoms with Gasteiger partial charge in [-0.1, -0.05) is 6.07 Å². The molecule has 3 N–H and O–H groups in total. The van der Waals surface area contributed by atoms with Crippen LogP contribution in [0.3, 0.4) is 0 Å². The molecular formula is C17H20N4O. The Bertz CT molecular complexity index is 748. The summed E-state index contributed by atoms with van der Waals surface area (Å²) < 4.78 is 5.76. The van der Waals surface area contributed by atoms with Gasteiger partial charge in [0.05, 0.1) is 35.3 Å². The van der Waals surface area contributed by atoms with Crippen LogP contribution in [0, 0.1) is 6.57 Å². The Balaban J connectivity index is 1.99. The molecule has 1 unspecified atom stereocenters. The lowest BCUT2D eigenvalue weighted by atomic mass is 9.93. The van der Waals surface area contributed by atoms with Gasteiger partial charge in [-0.3, -0.25) is 4.98 Å². The zero-order chi connectivity index (χ0) is 15.7. The standard InChI is InChI=1S/C17H20N4O/c1-17(2)9-12(6-7-22-17)21-16-13-8-11(19-3)4-5-15(13)20-10-14(16)18/h4-5,8,10,12H,6-7,9,18H2,1-2H3,(H,20,21). The lowest BCUT2D eigenvalue weighted by Crippen LogP contribution is -2.40. The summed E-state index contributed by atoms with van der Waals surface area (Å²) in [4.78, 5) is 7.84. The highest BCUT2D eigenvalue weighted by Crippen LogP contribution is 2.34. The Labute approximate surface area is 130 Å². The first-order valence-corrected chi connectivity index (χ1v) is 7.45. The van der Waals surface area contributed by atoms with Crippen molar-refractivity contribution in [2.24, 2.45) is 0 Å². The number of benzene rings is 1. The van der Waals surface area contributed by atoms with Gasteiger partial charge in [0.2, 0.25) is 0 Å². The van der Waals surface area contributed by atoms with Crippen LogP contribution in [0.4, 0.5) is 17.1 Å². The molecule has 1 aromatic carbocycles. The van der Waals surface area contributed by atoms with E-state index in [-0.39, 0.29) is 5.60 Å². The van der Waals surface area contributed by atoms with Gasteiger partial charge in [0, 0.05) is 18.0 Å². The minimum absolute atomic E-state index is 0.130. The third-order valence-corrected chi connectivity index (χ3v) is 4.06. The van der Waals surface area contributed by atoms with Crippen LogP contribution >= 0.6 is 0 Å². The lowest BCUT2D eigenvalue weighted by Gasteiger charge is -2.36. The summed E-state index contributed by atoms with van der Waals surface area (Å²) in [5.74, 6) is 0. The van der Waals surface area contributed by atoms with Crippen LogP contribution in [0.15, 0.2) is 24.4 Å². The van der Waals surface area contributed by atoms with E-state index in [1.165, 1.54) is 0 Å². The van der Waals surface area contributed by atoms with Crippen LogP contribution < -0.4 is 11.1 Å². The van der Waals surface area contributed by atoms with E-state index in [1.807, 2.05) is 12.1 Å². The Morgan fingerprint density at radius 2 is 2.27 bits per heavy atom. The maximum atomic E-state index is 7.18. The molecule has 1 saturated heterocycles. The largest absolute Gasteiger partial charge is 0.396 e. The zero-order valence-corrected chi connectivity index (χ0v) is 12.9. The molecule has 5 heteroatoms. The number of ether oxygens (including phenoxy) is 1. The molecule has 1 aromatic heterocycles. The van der Waals surface area contributed by atoms with Gasteiger partial charge in [-0.2, -0.15) is 0 Å². The van der Waals surface area contributed by atoms with Crippen LogP contribution in [0.25, 0.3) is 15.7 Å². The van der Waals surface area contributed by atoms with E-state index >= 15 is 0 Å². The highest BCUT2D eigenvalue weighted by atomic mass is 16.5. The lowest BCUT2D eigenvalue weighted by molar-refractivity contribution is -0.0553. The molecule has 3 rings (SSSR count). The minimum Gasteiger partial charge on any atom is -0.396 e. The van der Waals surface area contributed by atoms with Crippen molar-refractivity contribution in [3.8, 4) is 0 Å². The third kappa shape index (κ3) is 2.83. The predicted octanol–water partition coefficient (Wildman–Crippen LogP) is 3.74. The van der Waals surface area contributed by atoms with Crippen LogP contribution in [-0.2, 0) is 4.74 Å². The Morgan fingerprint density at radius 3 is 3.00 bits per heavy atom. The van der Waals surface area contributed by atoms with Crippen LogP contribution in [-0.4, -0.2) is 23.2 Å². The molecule has 22 heavy (non-hydrogen) atoms. The number of hydrogen-bond acceptors (Lipinski definition) is 4. The van der Waals surface area contributed by atoms with Crippen molar-refractivity contribution in [3.63, 3.8) is 0 Å². The molecule has 0 bridgehead atoms. The molecule has 114 valence electrons. The summed E-state index contributed by atoms with van der Waals surface area (Å²) in [6.45, 7) is 12.1. The van der Waals surface area contributed by atoms with Crippen molar-refractivity contribution >= 4 is 28.0 Å². The van der Waals surface area contributed by atoms with Gasteiger partial charge in [-0.05, 0) is 38.8 Å². The fraction of sp³-hybridized carbons (Fsp3) is 0.412. The van der Waals surface area contributed by atoms with Crippen LogP contribution in [0.5, 0.6) is 0 Å². The van der Waals surface area contributed by atoms with Gasteiger partial charge in [0.25, 0.3) is 0 Å². The van der Waals surface area contributed by atoms with Gasteiger partial charge in [0.1, 0.15) is 0 Å². The third-order valence-electron chi connectivity index (χ3n) is 4.06. The smallest absolute Gasteiger partial charge is 0.188 e. The number of nitrogen functional groups attached to an aromatic ring is 1. The first kappa shape index (κ1) is 14.6. The van der Waals surface area contributed by atoms with E-state index in [9.17, 15) is 0 Å². The Hall–Kier alpha value is -2.32. The number of nitrogens with one attached hydrogen (secondary N) is 1. The van der Waals surface area contributed by atoms with E-state index in [4.69, 9.17) is 17.0 Å². The summed E-state index contributed by atoms with van der Waals surface area (Å²) in [7, 11) is 0. The van der Waals surface area contributed by atoms with Crippen molar-refractivity contribution in [2.75, 3.05) is 17.7 Å². The summed E-state index contributed by atoms with van der Waals surface area (Å²) in [5.41, 5.74) is 8.92. The quantitative estimate of drug-likeness (QED) is 0.829. The molecule has 1 aliphatic heterocycles. The minimum atomic E-state index is -0.130. The molecule has 0 saturated carbocycles. The van der Waals surface area contributed by atoms with Gasteiger partial charge in [-0.25, -0.2) is 4.85 Å². The van der Waals surface area contributed by atoms with Gasteiger partial charge in [0.15, 0.2) is 5.69 Å². The second-order valence-electron chi connectivity index (χ2n) is 6.34. The highest BCUT2D eigenvalue weighted by Gasteiger charge is 2.29. The molecule has 1 atom stereocenters. The zero-order valence-electron chi connectivity index (χ0n) is 12.9. The predicted molar refractivity (Wildman–Crippen MR) is 89.1 cm³/mol. The molecular weight excluding hydrogens is 276 g/mol. The fourth-order valence-electron chi connectivity index (χ4n) is 2.99. The second-order valence-corrected chi connectivity index (χ2v) is 6.34. The van der Waals surface area contributed by atoms with Crippen molar-refractivity contribution in [3.05, 3.63) is 35.8 Å².